The van der Waals surface area contributed by atoms with E-state index in [2.05, 4.69) is 24.0 Å². The van der Waals surface area contributed by atoms with Gasteiger partial charge in [0.25, 0.3) is 0 Å². The fourth-order valence-corrected chi connectivity index (χ4v) is 1.50. The molecule has 0 spiro atoms. The Morgan fingerprint density at radius 2 is 2.06 bits per heavy atom. The molecule has 92 valence electrons. The van der Waals surface area contributed by atoms with Crippen molar-refractivity contribution in [2.45, 2.75) is 46.3 Å². The summed E-state index contributed by atoms with van der Waals surface area (Å²) in [5.41, 5.74) is 5.95. The van der Waals surface area contributed by atoms with Crippen LogP contribution in [0.4, 0.5) is 0 Å². The van der Waals surface area contributed by atoms with E-state index < -0.39 is 0 Å². The highest BCUT2D eigenvalue weighted by molar-refractivity contribution is 4.94. The maximum absolute atomic E-state index is 5.95. The first-order valence-corrected chi connectivity index (χ1v) is 5.75. The number of nitrogens with zero attached hydrogens (tertiary/aromatic N) is 2. The molecule has 1 rings (SSSR count). The van der Waals surface area contributed by atoms with Crippen LogP contribution in [0.1, 0.15) is 58.0 Å². The molecule has 16 heavy (non-hydrogen) atoms. The Morgan fingerprint density at radius 3 is 2.62 bits per heavy atom. The average Bonchev–Trinajstić information content (AvgIpc) is 2.65. The summed E-state index contributed by atoms with van der Waals surface area (Å²) in [6.07, 6.45) is 0.693. The van der Waals surface area contributed by atoms with Gasteiger partial charge in [0, 0.05) is 6.61 Å². The molecule has 0 aliphatic rings. The molecule has 2 atom stereocenters. The van der Waals surface area contributed by atoms with Gasteiger partial charge in [-0.3, -0.25) is 0 Å². The van der Waals surface area contributed by atoms with Crippen molar-refractivity contribution in [2.75, 3.05) is 6.61 Å². The van der Waals surface area contributed by atoms with Gasteiger partial charge in [-0.1, -0.05) is 19.0 Å². The molecule has 1 heterocycles. The molecule has 5 nitrogen and oxygen atoms in total. The van der Waals surface area contributed by atoms with Gasteiger partial charge < -0.3 is 15.0 Å². The summed E-state index contributed by atoms with van der Waals surface area (Å²) in [6.45, 7) is 8.68. The normalized spacial score (nSPS) is 15.4. The molecule has 0 aliphatic carbocycles. The maximum atomic E-state index is 5.95. The average molecular weight is 227 g/mol. The van der Waals surface area contributed by atoms with Crippen LogP contribution in [0.5, 0.6) is 0 Å². The van der Waals surface area contributed by atoms with Crippen molar-refractivity contribution in [1.29, 1.82) is 0 Å². The lowest BCUT2D eigenvalue weighted by Crippen LogP contribution is -2.13. The Hall–Kier alpha value is -0.940. The lowest BCUT2D eigenvalue weighted by atomic mass is 10.0. The van der Waals surface area contributed by atoms with Crippen LogP contribution in [0.3, 0.4) is 0 Å². The monoisotopic (exact) mass is 227 g/mol. The Labute approximate surface area is 96.4 Å². The quantitative estimate of drug-likeness (QED) is 0.806. The molecule has 2 N–H and O–H groups in total. The van der Waals surface area contributed by atoms with Crippen LogP contribution in [0, 0.1) is 5.92 Å². The maximum Gasteiger partial charge on any atom is 0.243 e. The molecule has 1 aromatic heterocycles. The summed E-state index contributed by atoms with van der Waals surface area (Å²) in [5, 5.41) is 3.87. The summed E-state index contributed by atoms with van der Waals surface area (Å²) in [4.78, 5) is 4.25. The molecule has 0 bridgehead atoms. The summed E-state index contributed by atoms with van der Waals surface area (Å²) < 4.78 is 10.5. The predicted molar refractivity (Wildman–Crippen MR) is 60.7 cm³/mol. The summed E-state index contributed by atoms with van der Waals surface area (Å²) in [6, 6.07) is -0.185. The van der Waals surface area contributed by atoms with E-state index >= 15 is 0 Å². The highest BCUT2D eigenvalue weighted by Gasteiger charge is 2.18. The Bertz CT molecular complexity index is 312. The molecule has 0 saturated heterocycles. The van der Waals surface area contributed by atoms with Crippen LogP contribution in [0.2, 0.25) is 0 Å². The van der Waals surface area contributed by atoms with Gasteiger partial charge in [0.05, 0.1) is 6.04 Å². The largest absolute Gasteiger partial charge is 0.371 e. The summed E-state index contributed by atoms with van der Waals surface area (Å²) >= 11 is 0. The second-order valence-corrected chi connectivity index (χ2v) is 4.32. The Morgan fingerprint density at radius 1 is 1.38 bits per heavy atom. The minimum Gasteiger partial charge on any atom is -0.371 e. The van der Waals surface area contributed by atoms with Crippen LogP contribution < -0.4 is 5.73 Å². The van der Waals surface area contributed by atoms with Gasteiger partial charge in [0.1, 0.15) is 6.10 Å². The molecule has 1 aromatic rings. The molecule has 0 aliphatic heterocycles. The van der Waals surface area contributed by atoms with Gasteiger partial charge in [-0.2, -0.15) is 4.98 Å². The minimum atomic E-state index is -0.185. The van der Waals surface area contributed by atoms with Crippen molar-refractivity contribution in [3.8, 4) is 0 Å². The third-order valence-corrected chi connectivity index (χ3v) is 2.28. The van der Waals surface area contributed by atoms with Crippen molar-refractivity contribution in [1.82, 2.24) is 10.1 Å². The van der Waals surface area contributed by atoms with Crippen molar-refractivity contribution >= 4 is 0 Å². The van der Waals surface area contributed by atoms with Gasteiger partial charge >= 0.3 is 0 Å². The first kappa shape index (κ1) is 13.1. The van der Waals surface area contributed by atoms with E-state index in [0.717, 1.165) is 6.42 Å². The topological polar surface area (TPSA) is 74.2 Å². The standard InChI is InChI=1S/C11H21N3O2/c1-5-15-8(4)10-13-11(16-14-10)9(12)6-7(2)3/h7-9H,5-6,12H2,1-4H3/t8?,9-/m0/s1. The zero-order valence-corrected chi connectivity index (χ0v) is 10.4. The van der Waals surface area contributed by atoms with Gasteiger partial charge in [-0.05, 0) is 26.2 Å². The molecule has 0 saturated carbocycles. The van der Waals surface area contributed by atoms with E-state index in [4.69, 9.17) is 15.0 Å². The number of rotatable bonds is 6. The minimum absolute atomic E-state index is 0.145. The molecule has 0 aromatic carbocycles. The first-order valence-electron chi connectivity index (χ1n) is 5.75. The number of nitrogens with two attached hydrogens (primary N) is 1. The molecular weight excluding hydrogens is 206 g/mol. The fraction of sp³-hybridized carbons (Fsp3) is 0.818. The van der Waals surface area contributed by atoms with Gasteiger partial charge in [-0.15, -0.1) is 0 Å². The SMILES string of the molecule is CCOC(C)c1noc([C@@H](N)CC(C)C)n1. The summed E-state index contributed by atoms with van der Waals surface area (Å²) in [5.74, 6) is 1.57. The molecule has 1 unspecified atom stereocenters. The molecule has 5 heteroatoms. The van der Waals surface area contributed by atoms with Crippen molar-refractivity contribution in [2.24, 2.45) is 11.7 Å². The predicted octanol–water partition coefficient (Wildman–Crippen LogP) is 2.21. The summed E-state index contributed by atoms with van der Waals surface area (Å²) in [7, 11) is 0. The van der Waals surface area contributed by atoms with Crippen LogP contribution in [0.15, 0.2) is 4.52 Å². The number of hydrogen-bond acceptors (Lipinski definition) is 5. The number of aromatic nitrogens is 2. The fourth-order valence-electron chi connectivity index (χ4n) is 1.50. The van der Waals surface area contributed by atoms with Crippen LogP contribution in [-0.2, 0) is 4.74 Å². The highest BCUT2D eigenvalue weighted by Crippen LogP contribution is 2.19. The second-order valence-electron chi connectivity index (χ2n) is 4.32. The lowest BCUT2D eigenvalue weighted by molar-refractivity contribution is 0.0683. The smallest absolute Gasteiger partial charge is 0.243 e. The zero-order chi connectivity index (χ0) is 12.1. The Kier molecular flexibility index (Phi) is 4.89. The van der Waals surface area contributed by atoms with E-state index in [1.165, 1.54) is 0 Å². The van der Waals surface area contributed by atoms with E-state index in [9.17, 15) is 0 Å². The van der Waals surface area contributed by atoms with E-state index in [0.29, 0.717) is 24.2 Å². The van der Waals surface area contributed by atoms with E-state index in [-0.39, 0.29) is 12.1 Å². The van der Waals surface area contributed by atoms with Crippen LogP contribution >= 0.6 is 0 Å². The van der Waals surface area contributed by atoms with Crippen molar-refractivity contribution < 1.29 is 9.26 Å². The number of hydrogen-bond donors (Lipinski definition) is 1. The molecule has 0 radical (unpaired) electrons. The second kappa shape index (κ2) is 5.96. The van der Waals surface area contributed by atoms with Gasteiger partial charge in [0.2, 0.25) is 5.89 Å². The van der Waals surface area contributed by atoms with Crippen molar-refractivity contribution in [3.63, 3.8) is 0 Å². The van der Waals surface area contributed by atoms with Crippen LogP contribution in [0.25, 0.3) is 0 Å². The third kappa shape index (κ3) is 3.57. The van der Waals surface area contributed by atoms with Gasteiger partial charge in [0.15, 0.2) is 5.82 Å². The molecule has 0 amide bonds. The Balaban J connectivity index is 2.63. The van der Waals surface area contributed by atoms with Crippen LogP contribution in [-0.4, -0.2) is 16.7 Å². The zero-order valence-electron chi connectivity index (χ0n) is 10.4. The van der Waals surface area contributed by atoms with E-state index in [1.807, 2.05) is 13.8 Å². The molecule has 0 fully saturated rings. The molecular formula is C11H21N3O2. The lowest BCUT2D eigenvalue weighted by Gasteiger charge is -2.09. The van der Waals surface area contributed by atoms with E-state index in [1.54, 1.807) is 0 Å². The highest BCUT2D eigenvalue weighted by atomic mass is 16.5. The van der Waals surface area contributed by atoms with Gasteiger partial charge in [-0.25, -0.2) is 0 Å². The first-order chi connectivity index (χ1) is 7.54. The van der Waals surface area contributed by atoms with Crippen molar-refractivity contribution in [3.05, 3.63) is 11.7 Å². The third-order valence-electron chi connectivity index (χ3n) is 2.28. The number of ether oxygens (including phenoxy) is 1.